The minimum atomic E-state index is 0.595. The Hall–Kier alpha value is -1.92. The predicted octanol–water partition coefficient (Wildman–Crippen LogP) is 1.47. The average molecular weight is 276 g/mol. The van der Waals surface area contributed by atoms with E-state index in [1.54, 1.807) is 7.11 Å². The fraction of sp³-hybridized carbons (Fsp3) is 0.429. The maximum atomic E-state index is 5.77. The van der Waals surface area contributed by atoms with Crippen molar-refractivity contribution in [3.63, 3.8) is 0 Å². The van der Waals surface area contributed by atoms with Crippen LogP contribution in [0.5, 0.6) is 0 Å². The summed E-state index contributed by atoms with van der Waals surface area (Å²) in [6, 6.07) is 7.84. The number of nitrogens with two attached hydrogens (primary N) is 1. The lowest BCUT2D eigenvalue weighted by molar-refractivity contribution is 0.199. The van der Waals surface area contributed by atoms with Crippen molar-refractivity contribution in [2.75, 3.05) is 26.5 Å². The Bertz CT molecular complexity index is 541. The van der Waals surface area contributed by atoms with E-state index in [-0.39, 0.29) is 0 Å². The van der Waals surface area contributed by atoms with Gasteiger partial charge in [-0.15, -0.1) is 0 Å². The zero-order valence-electron chi connectivity index (χ0n) is 11.9. The third kappa shape index (κ3) is 4.32. The zero-order chi connectivity index (χ0) is 14.4. The number of hydrogen-bond acceptors (Lipinski definition) is 6. The molecule has 1 aromatic heterocycles. The van der Waals surface area contributed by atoms with Crippen LogP contribution in [0.3, 0.4) is 0 Å². The van der Waals surface area contributed by atoms with E-state index in [4.69, 9.17) is 15.0 Å². The number of ether oxygens (including phenoxy) is 1. The van der Waals surface area contributed by atoms with Gasteiger partial charge in [-0.25, -0.2) is 0 Å². The van der Waals surface area contributed by atoms with E-state index in [2.05, 4.69) is 15.0 Å². The van der Waals surface area contributed by atoms with E-state index < -0.39 is 0 Å². The molecule has 2 aromatic rings. The fourth-order valence-electron chi connectivity index (χ4n) is 1.94. The van der Waals surface area contributed by atoms with Gasteiger partial charge in [-0.05, 0) is 24.7 Å². The summed E-state index contributed by atoms with van der Waals surface area (Å²) < 4.78 is 10.2. The summed E-state index contributed by atoms with van der Waals surface area (Å²) in [5.41, 5.74) is 7.70. The van der Waals surface area contributed by atoms with Gasteiger partial charge in [0.2, 0.25) is 5.89 Å². The molecule has 0 spiro atoms. The van der Waals surface area contributed by atoms with E-state index in [1.807, 2.05) is 31.3 Å². The number of aromatic nitrogens is 2. The van der Waals surface area contributed by atoms with E-state index in [0.29, 0.717) is 31.3 Å². The number of anilines is 1. The summed E-state index contributed by atoms with van der Waals surface area (Å²) in [7, 11) is 3.66. The van der Waals surface area contributed by atoms with E-state index >= 15 is 0 Å². The second-order valence-electron chi connectivity index (χ2n) is 4.76. The van der Waals surface area contributed by atoms with E-state index in [0.717, 1.165) is 17.8 Å². The number of hydrogen-bond donors (Lipinski definition) is 1. The molecule has 0 unspecified atom stereocenters. The van der Waals surface area contributed by atoms with Crippen molar-refractivity contribution in [2.24, 2.45) is 0 Å². The standard InChI is InChI=1S/C14H20N4O2/c1-18(9-11-4-3-5-12(15)8-11)10-14-16-13(17-20-14)6-7-19-2/h3-5,8H,6-7,9-10,15H2,1-2H3. The smallest absolute Gasteiger partial charge is 0.240 e. The highest BCUT2D eigenvalue weighted by molar-refractivity contribution is 5.40. The number of nitrogen functional groups attached to an aromatic ring is 1. The van der Waals surface area contributed by atoms with Crippen LogP contribution in [0.25, 0.3) is 0 Å². The molecule has 2 N–H and O–H groups in total. The van der Waals surface area contributed by atoms with Gasteiger partial charge in [0.15, 0.2) is 5.82 Å². The molecule has 6 nitrogen and oxygen atoms in total. The number of rotatable bonds is 7. The Morgan fingerprint density at radius 3 is 2.95 bits per heavy atom. The molecule has 0 aliphatic carbocycles. The SMILES string of the molecule is COCCc1noc(CN(C)Cc2cccc(N)c2)n1. The Kier molecular flexibility index (Phi) is 5.09. The summed E-state index contributed by atoms with van der Waals surface area (Å²) in [6.45, 7) is 1.98. The molecule has 0 aliphatic heterocycles. The molecule has 0 saturated carbocycles. The first kappa shape index (κ1) is 14.5. The highest BCUT2D eigenvalue weighted by Crippen LogP contribution is 2.10. The van der Waals surface area contributed by atoms with E-state index in [9.17, 15) is 0 Å². The summed E-state index contributed by atoms with van der Waals surface area (Å²) in [5, 5.41) is 3.92. The van der Waals surface area contributed by atoms with Crippen LogP contribution in [0.2, 0.25) is 0 Å². The third-order valence-corrected chi connectivity index (χ3v) is 2.85. The third-order valence-electron chi connectivity index (χ3n) is 2.85. The minimum absolute atomic E-state index is 0.595. The van der Waals surface area contributed by atoms with Crippen molar-refractivity contribution in [1.82, 2.24) is 15.0 Å². The molecule has 108 valence electrons. The van der Waals surface area contributed by atoms with Crippen LogP contribution in [0, 0.1) is 0 Å². The monoisotopic (exact) mass is 276 g/mol. The van der Waals surface area contributed by atoms with Crippen molar-refractivity contribution in [3.8, 4) is 0 Å². The molecule has 0 fully saturated rings. The lowest BCUT2D eigenvalue weighted by Crippen LogP contribution is -2.17. The number of methoxy groups -OCH3 is 1. The molecule has 0 aliphatic rings. The lowest BCUT2D eigenvalue weighted by Gasteiger charge is -2.14. The Balaban J connectivity index is 1.87. The molecule has 2 rings (SSSR count). The molecule has 0 atom stereocenters. The van der Waals surface area contributed by atoms with Gasteiger partial charge in [0, 0.05) is 25.8 Å². The number of nitrogens with zero attached hydrogens (tertiary/aromatic N) is 3. The first-order valence-electron chi connectivity index (χ1n) is 6.50. The first-order valence-corrected chi connectivity index (χ1v) is 6.50. The molecule has 1 heterocycles. The van der Waals surface area contributed by atoms with Crippen molar-refractivity contribution in [3.05, 3.63) is 41.5 Å². The molecule has 20 heavy (non-hydrogen) atoms. The van der Waals surface area contributed by atoms with Crippen molar-refractivity contribution < 1.29 is 9.26 Å². The highest BCUT2D eigenvalue weighted by atomic mass is 16.5. The molecule has 0 radical (unpaired) electrons. The predicted molar refractivity (Wildman–Crippen MR) is 75.9 cm³/mol. The van der Waals surface area contributed by atoms with Crippen molar-refractivity contribution >= 4 is 5.69 Å². The number of benzene rings is 1. The van der Waals surface area contributed by atoms with Crippen LogP contribution >= 0.6 is 0 Å². The summed E-state index contributed by atoms with van der Waals surface area (Å²) >= 11 is 0. The van der Waals surface area contributed by atoms with Gasteiger partial charge in [0.25, 0.3) is 0 Å². The average Bonchev–Trinajstić information content (AvgIpc) is 2.83. The first-order chi connectivity index (χ1) is 9.67. The van der Waals surface area contributed by atoms with E-state index in [1.165, 1.54) is 0 Å². The molecule has 0 amide bonds. The van der Waals surface area contributed by atoms with Gasteiger partial charge in [0.1, 0.15) is 0 Å². The molecule has 0 saturated heterocycles. The Morgan fingerprint density at radius 1 is 1.35 bits per heavy atom. The molecular formula is C14H20N4O2. The van der Waals surface area contributed by atoms with Crippen LogP contribution in [-0.2, 0) is 24.2 Å². The fourth-order valence-corrected chi connectivity index (χ4v) is 1.94. The zero-order valence-corrected chi connectivity index (χ0v) is 11.9. The van der Waals surface area contributed by atoms with Gasteiger partial charge < -0.3 is 15.0 Å². The second kappa shape index (κ2) is 7.02. The molecular weight excluding hydrogens is 256 g/mol. The Morgan fingerprint density at radius 2 is 2.20 bits per heavy atom. The quantitative estimate of drug-likeness (QED) is 0.772. The highest BCUT2D eigenvalue weighted by Gasteiger charge is 2.09. The summed E-state index contributed by atoms with van der Waals surface area (Å²) in [4.78, 5) is 6.42. The van der Waals surface area contributed by atoms with Crippen LogP contribution in [0.15, 0.2) is 28.8 Å². The van der Waals surface area contributed by atoms with Gasteiger partial charge in [-0.3, -0.25) is 4.90 Å². The van der Waals surface area contributed by atoms with Gasteiger partial charge in [0.05, 0.1) is 13.2 Å². The maximum Gasteiger partial charge on any atom is 0.240 e. The van der Waals surface area contributed by atoms with Crippen LogP contribution < -0.4 is 5.73 Å². The lowest BCUT2D eigenvalue weighted by atomic mass is 10.2. The van der Waals surface area contributed by atoms with Crippen molar-refractivity contribution in [2.45, 2.75) is 19.5 Å². The van der Waals surface area contributed by atoms with Gasteiger partial charge in [-0.2, -0.15) is 4.98 Å². The molecule has 1 aromatic carbocycles. The summed E-state index contributed by atoms with van der Waals surface area (Å²) in [5.74, 6) is 1.29. The van der Waals surface area contributed by atoms with Crippen LogP contribution in [-0.4, -0.2) is 35.8 Å². The second-order valence-corrected chi connectivity index (χ2v) is 4.76. The van der Waals surface area contributed by atoms with Crippen molar-refractivity contribution in [1.29, 1.82) is 0 Å². The largest absolute Gasteiger partial charge is 0.399 e. The van der Waals surface area contributed by atoms with Gasteiger partial charge >= 0.3 is 0 Å². The topological polar surface area (TPSA) is 77.4 Å². The summed E-state index contributed by atoms with van der Waals surface area (Å²) in [6.07, 6.45) is 0.666. The Labute approximate surface area is 118 Å². The molecule has 0 bridgehead atoms. The maximum absolute atomic E-state index is 5.77. The minimum Gasteiger partial charge on any atom is -0.399 e. The van der Waals surface area contributed by atoms with Crippen LogP contribution in [0.1, 0.15) is 17.3 Å². The normalized spacial score (nSPS) is 11.2. The van der Waals surface area contributed by atoms with Gasteiger partial charge in [-0.1, -0.05) is 17.3 Å². The van der Waals surface area contributed by atoms with Crippen LogP contribution in [0.4, 0.5) is 5.69 Å². The molecule has 6 heteroatoms.